The third-order valence-corrected chi connectivity index (χ3v) is 3.89. The molecule has 0 aliphatic carbocycles. The molecule has 0 atom stereocenters. The van der Waals surface area contributed by atoms with Crippen molar-refractivity contribution in [2.45, 2.75) is 22.5 Å². The van der Waals surface area contributed by atoms with Gasteiger partial charge in [0.2, 0.25) is 0 Å². The molecule has 0 saturated carbocycles. The van der Waals surface area contributed by atoms with Crippen molar-refractivity contribution in [2.75, 3.05) is 0 Å². The first-order valence-electron chi connectivity index (χ1n) is 6.54. The minimum Gasteiger partial charge on any atom is -1.00 e. The fourth-order valence-electron chi connectivity index (χ4n) is 1.57. The first kappa shape index (κ1) is 29.1. The van der Waals surface area contributed by atoms with Gasteiger partial charge in [-0.15, -0.1) is 46.4 Å². The van der Waals surface area contributed by atoms with Crippen LogP contribution in [0.25, 0.3) is 0 Å². The van der Waals surface area contributed by atoms with Gasteiger partial charge in [0, 0.05) is 11.1 Å². The van der Waals surface area contributed by atoms with Gasteiger partial charge in [0.05, 0.1) is 0 Å². The molecule has 10 heteroatoms. The summed E-state index contributed by atoms with van der Waals surface area (Å²) in [6.45, 7) is 0. The molecule has 140 valence electrons. The molecule has 0 aromatic heterocycles. The van der Waals surface area contributed by atoms with Crippen LogP contribution in [0.15, 0.2) is 48.5 Å². The van der Waals surface area contributed by atoms with Gasteiger partial charge >= 0.3 is 51.4 Å². The normalized spacial score (nSPS) is 10.3. The number of benzene rings is 2. The second-order valence-electron chi connectivity index (χ2n) is 4.54. The summed E-state index contributed by atoms with van der Waals surface area (Å²) >= 11 is 22.5. The van der Waals surface area contributed by atoms with Crippen LogP contribution in [0.1, 0.15) is 44.8 Å². The predicted molar refractivity (Wildman–Crippen MR) is 91.7 cm³/mol. The molecular formula is C16H12Cl4F5K. The van der Waals surface area contributed by atoms with Crippen molar-refractivity contribution in [2.24, 2.45) is 0 Å². The number of alkyl halides is 8. The van der Waals surface area contributed by atoms with Gasteiger partial charge in [0.1, 0.15) is 9.67 Å². The summed E-state index contributed by atoms with van der Waals surface area (Å²) in [5, 5.41) is 0. The van der Waals surface area contributed by atoms with E-state index in [9.17, 15) is 17.6 Å². The van der Waals surface area contributed by atoms with E-state index in [0.717, 1.165) is 35.4 Å². The third kappa shape index (κ3) is 10.4. The maximum Gasteiger partial charge on any atom is 1.00 e. The maximum absolute atomic E-state index is 11.9. The van der Waals surface area contributed by atoms with E-state index in [4.69, 9.17) is 46.4 Å². The summed E-state index contributed by atoms with van der Waals surface area (Å²) in [6, 6.07) is 11.2. The Hall–Kier alpha value is 0.886. The standard InChI is InChI=1S/C8H6Cl4.C8H6F4.FH.K/c2*9-7(10)5-1-2-6(4-3-5)8(11)12;;/h2*1-4,7-8H;1H;/q;;;+1/p-1. The first-order valence-corrected chi connectivity index (χ1v) is 8.29. The number of halogens is 9. The zero-order chi connectivity index (χ0) is 18.3. The zero-order valence-electron chi connectivity index (χ0n) is 13.3. The second-order valence-corrected chi connectivity index (χ2v) is 6.73. The summed E-state index contributed by atoms with van der Waals surface area (Å²) in [6.07, 6.45) is -5.20. The molecule has 0 radical (unpaired) electrons. The quantitative estimate of drug-likeness (QED) is 0.358. The zero-order valence-corrected chi connectivity index (χ0v) is 19.5. The van der Waals surface area contributed by atoms with Gasteiger partial charge in [-0.25, -0.2) is 17.6 Å². The fourth-order valence-corrected chi connectivity index (χ4v) is 2.16. The molecule has 0 fully saturated rings. The second kappa shape index (κ2) is 14.8. The monoisotopic (exact) mass is 478 g/mol. The van der Waals surface area contributed by atoms with E-state index in [0.29, 0.717) is 0 Å². The van der Waals surface area contributed by atoms with Crippen LogP contribution in [0.2, 0.25) is 0 Å². The molecule has 0 aliphatic heterocycles. The Morgan fingerprint density at radius 1 is 0.500 bits per heavy atom. The molecule has 26 heavy (non-hydrogen) atoms. The van der Waals surface area contributed by atoms with Crippen molar-refractivity contribution in [3.8, 4) is 0 Å². The molecule has 0 unspecified atom stereocenters. The van der Waals surface area contributed by atoms with E-state index in [1.54, 1.807) is 24.3 Å². The van der Waals surface area contributed by atoms with Crippen LogP contribution >= 0.6 is 46.4 Å². The molecule has 0 saturated heterocycles. The SMILES string of the molecule is ClC(Cl)c1ccc(C(Cl)Cl)cc1.FC(F)c1ccc(C(F)F)cc1.[F-].[K+]. The topological polar surface area (TPSA) is 0 Å². The van der Waals surface area contributed by atoms with E-state index in [2.05, 4.69) is 0 Å². The molecule has 2 aromatic carbocycles. The molecule has 0 bridgehead atoms. The van der Waals surface area contributed by atoms with Crippen molar-refractivity contribution in [1.29, 1.82) is 0 Å². The molecule has 0 spiro atoms. The summed E-state index contributed by atoms with van der Waals surface area (Å²) in [7, 11) is 0. The van der Waals surface area contributed by atoms with Crippen molar-refractivity contribution in [1.82, 2.24) is 0 Å². The Morgan fingerprint density at radius 2 is 0.692 bits per heavy atom. The Kier molecular flexibility index (Phi) is 16.6. The van der Waals surface area contributed by atoms with Gasteiger partial charge in [0.25, 0.3) is 12.9 Å². The average molecular weight is 480 g/mol. The summed E-state index contributed by atoms with van der Waals surface area (Å²) in [5.41, 5.74) is 1.21. The van der Waals surface area contributed by atoms with E-state index < -0.39 is 22.5 Å². The third-order valence-electron chi connectivity index (χ3n) is 2.88. The van der Waals surface area contributed by atoms with Crippen LogP contribution in [0.3, 0.4) is 0 Å². The molecule has 0 aliphatic rings. The van der Waals surface area contributed by atoms with Crippen molar-refractivity contribution < 1.29 is 73.7 Å². The summed E-state index contributed by atoms with van der Waals surface area (Å²) in [4.78, 5) is -0.994. The van der Waals surface area contributed by atoms with E-state index in [1.165, 1.54) is 0 Å². The molecule has 0 N–H and O–H groups in total. The smallest absolute Gasteiger partial charge is 1.00 e. The van der Waals surface area contributed by atoms with Crippen LogP contribution in [-0.2, 0) is 0 Å². The number of hydrogen-bond donors (Lipinski definition) is 0. The Morgan fingerprint density at radius 3 is 0.846 bits per heavy atom. The van der Waals surface area contributed by atoms with E-state index in [1.807, 2.05) is 0 Å². The molecular weight excluding hydrogens is 468 g/mol. The van der Waals surface area contributed by atoms with Crippen molar-refractivity contribution >= 4 is 46.4 Å². The van der Waals surface area contributed by atoms with Gasteiger partial charge in [-0.1, -0.05) is 48.5 Å². The largest absolute Gasteiger partial charge is 1.00 e. The van der Waals surface area contributed by atoms with Crippen LogP contribution in [0.5, 0.6) is 0 Å². The van der Waals surface area contributed by atoms with Crippen molar-refractivity contribution in [3.05, 3.63) is 70.8 Å². The summed E-state index contributed by atoms with van der Waals surface area (Å²) < 4.78 is 47.6. The first-order chi connectivity index (χ1) is 11.2. The van der Waals surface area contributed by atoms with Gasteiger partial charge < -0.3 is 4.70 Å². The average Bonchev–Trinajstić information content (AvgIpc) is 2.55. The Labute approximate surface area is 210 Å². The van der Waals surface area contributed by atoms with Gasteiger partial charge in [-0.3, -0.25) is 0 Å². The van der Waals surface area contributed by atoms with Gasteiger partial charge in [0.15, 0.2) is 0 Å². The van der Waals surface area contributed by atoms with E-state index in [-0.39, 0.29) is 67.2 Å². The van der Waals surface area contributed by atoms with Crippen LogP contribution in [-0.4, -0.2) is 0 Å². The van der Waals surface area contributed by atoms with Crippen molar-refractivity contribution in [3.63, 3.8) is 0 Å². The molecule has 0 nitrogen and oxygen atoms in total. The summed E-state index contributed by atoms with van der Waals surface area (Å²) in [5.74, 6) is 0. The Balaban J connectivity index is 0. The van der Waals surface area contributed by atoms with Gasteiger partial charge in [-0.05, 0) is 11.1 Å². The fraction of sp³-hybridized carbons (Fsp3) is 0.250. The number of rotatable bonds is 4. The molecule has 0 amide bonds. The molecule has 2 aromatic rings. The Bertz CT molecular complexity index is 498. The van der Waals surface area contributed by atoms with Crippen LogP contribution in [0, 0.1) is 0 Å². The molecule has 0 heterocycles. The minimum absolute atomic E-state index is 0. The van der Waals surface area contributed by atoms with Crippen LogP contribution < -0.4 is 56.1 Å². The minimum atomic E-state index is -2.60. The van der Waals surface area contributed by atoms with E-state index >= 15 is 0 Å². The molecule has 2 rings (SSSR count). The predicted octanol–water partition coefficient (Wildman–Crippen LogP) is 2.21. The number of hydrogen-bond acceptors (Lipinski definition) is 0. The maximum atomic E-state index is 11.9. The van der Waals surface area contributed by atoms with Gasteiger partial charge in [-0.2, -0.15) is 0 Å². The van der Waals surface area contributed by atoms with Crippen LogP contribution in [0.4, 0.5) is 17.6 Å².